The molecule has 7 heteroatoms. The van der Waals surface area contributed by atoms with E-state index < -0.39 is 0 Å². The summed E-state index contributed by atoms with van der Waals surface area (Å²) in [5.74, 6) is 0.679. The van der Waals surface area contributed by atoms with Crippen LogP contribution in [0.25, 0.3) is 22.0 Å². The standard InChI is InChI=1S/C27H25FN4O2/c1-31(20-6-7-20)26-22-14-18(5-11-24(22)29-16-30-26)17-4-10-23(28)19(13-17)15-32(21-8-9-21)27(33)25-3-2-12-34-25/h2-5,10-14,16,20-21H,6-9,15H2,1H3. The number of hydrogen-bond acceptors (Lipinski definition) is 5. The van der Waals surface area contributed by atoms with Gasteiger partial charge in [0.25, 0.3) is 5.91 Å². The zero-order chi connectivity index (χ0) is 23.2. The molecule has 1 amide bonds. The average Bonchev–Trinajstić information content (AvgIpc) is 3.80. The molecule has 2 aliphatic rings. The SMILES string of the molecule is CN(c1ncnc2ccc(-c3ccc(F)c(CN(C(=O)c4ccco4)C4CC4)c3)cc12)C1CC1. The summed E-state index contributed by atoms with van der Waals surface area (Å²) in [6.07, 6.45) is 7.30. The van der Waals surface area contributed by atoms with Crippen molar-refractivity contribution in [1.82, 2.24) is 14.9 Å². The molecular formula is C27H25FN4O2. The molecule has 2 aromatic carbocycles. The molecule has 0 aliphatic heterocycles. The van der Waals surface area contributed by atoms with E-state index >= 15 is 0 Å². The van der Waals surface area contributed by atoms with Crippen molar-refractivity contribution in [2.24, 2.45) is 0 Å². The molecule has 2 aromatic heterocycles. The summed E-state index contributed by atoms with van der Waals surface area (Å²) in [5, 5.41) is 0.980. The third-order valence-electron chi connectivity index (χ3n) is 6.74. The second-order valence-corrected chi connectivity index (χ2v) is 9.22. The number of aromatic nitrogens is 2. The Morgan fingerprint density at radius 3 is 2.53 bits per heavy atom. The minimum absolute atomic E-state index is 0.124. The molecule has 6 nitrogen and oxygen atoms in total. The Bertz CT molecular complexity index is 1360. The predicted octanol–water partition coefficient (Wildman–Crippen LogP) is 5.43. The average molecular weight is 457 g/mol. The third-order valence-corrected chi connectivity index (χ3v) is 6.74. The molecule has 2 aliphatic carbocycles. The fourth-order valence-electron chi connectivity index (χ4n) is 4.49. The number of hydrogen-bond donors (Lipinski definition) is 0. The minimum Gasteiger partial charge on any atom is -0.459 e. The number of carbonyl (C=O) groups excluding carboxylic acids is 1. The van der Waals surface area contributed by atoms with Crippen molar-refractivity contribution in [2.75, 3.05) is 11.9 Å². The molecule has 0 unspecified atom stereocenters. The normalized spacial score (nSPS) is 15.5. The second kappa shape index (κ2) is 8.24. The highest BCUT2D eigenvalue weighted by atomic mass is 19.1. The highest BCUT2D eigenvalue weighted by Gasteiger charge is 2.34. The van der Waals surface area contributed by atoms with Crippen molar-refractivity contribution in [3.05, 3.63) is 78.3 Å². The lowest BCUT2D eigenvalue weighted by Crippen LogP contribution is -2.32. The second-order valence-electron chi connectivity index (χ2n) is 9.22. The molecule has 0 bridgehead atoms. The molecule has 0 radical (unpaired) electrons. The third kappa shape index (κ3) is 3.91. The summed E-state index contributed by atoms with van der Waals surface area (Å²) < 4.78 is 20.2. The molecule has 2 saturated carbocycles. The molecular weight excluding hydrogens is 431 g/mol. The molecule has 172 valence electrons. The van der Waals surface area contributed by atoms with Crippen LogP contribution in [0.2, 0.25) is 0 Å². The minimum atomic E-state index is -0.320. The number of furan rings is 1. The lowest BCUT2D eigenvalue weighted by atomic mass is 10.0. The molecule has 0 spiro atoms. The number of anilines is 1. The first-order valence-electron chi connectivity index (χ1n) is 11.7. The summed E-state index contributed by atoms with van der Waals surface area (Å²) in [6.45, 7) is 0.205. The van der Waals surface area contributed by atoms with E-state index in [4.69, 9.17) is 4.42 Å². The number of fused-ring (bicyclic) bond motifs is 1. The van der Waals surface area contributed by atoms with Crippen LogP contribution < -0.4 is 4.90 Å². The van der Waals surface area contributed by atoms with Gasteiger partial charge in [-0.1, -0.05) is 12.1 Å². The Morgan fingerprint density at radius 2 is 1.79 bits per heavy atom. The number of nitrogens with zero attached hydrogens (tertiary/aromatic N) is 4. The van der Waals surface area contributed by atoms with Crippen LogP contribution >= 0.6 is 0 Å². The Hall–Kier alpha value is -3.74. The van der Waals surface area contributed by atoms with Crippen molar-refractivity contribution in [2.45, 2.75) is 44.3 Å². The van der Waals surface area contributed by atoms with Crippen LogP contribution in [0.1, 0.15) is 41.8 Å². The van der Waals surface area contributed by atoms with Gasteiger partial charge in [0.2, 0.25) is 0 Å². The van der Waals surface area contributed by atoms with Crippen molar-refractivity contribution >= 4 is 22.6 Å². The van der Waals surface area contributed by atoms with E-state index in [0.29, 0.717) is 11.6 Å². The van der Waals surface area contributed by atoms with Gasteiger partial charge in [-0.2, -0.15) is 0 Å². The van der Waals surface area contributed by atoms with Gasteiger partial charge < -0.3 is 14.2 Å². The Kier molecular flexibility index (Phi) is 5.05. The predicted molar refractivity (Wildman–Crippen MR) is 128 cm³/mol. The fourth-order valence-corrected chi connectivity index (χ4v) is 4.49. The Labute approximate surface area is 197 Å². The van der Waals surface area contributed by atoms with Gasteiger partial charge in [-0.05, 0) is 73.2 Å². The van der Waals surface area contributed by atoms with E-state index in [1.807, 2.05) is 18.2 Å². The highest BCUT2D eigenvalue weighted by Crippen LogP contribution is 2.35. The van der Waals surface area contributed by atoms with Crippen molar-refractivity contribution in [3.63, 3.8) is 0 Å². The summed E-state index contributed by atoms with van der Waals surface area (Å²) in [5.41, 5.74) is 3.23. The smallest absolute Gasteiger partial charge is 0.290 e. The first-order valence-corrected chi connectivity index (χ1v) is 11.7. The van der Waals surface area contributed by atoms with Crippen LogP contribution in [0.5, 0.6) is 0 Å². The molecule has 0 N–H and O–H groups in total. The van der Waals surface area contributed by atoms with Gasteiger partial charge >= 0.3 is 0 Å². The number of halogens is 1. The first kappa shape index (κ1) is 20.8. The van der Waals surface area contributed by atoms with E-state index in [2.05, 4.69) is 28.0 Å². The molecule has 2 fully saturated rings. The van der Waals surface area contributed by atoms with Crippen LogP contribution in [0, 0.1) is 5.82 Å². The van der Waals surface area contributed by atoms with Crippen molar-refractivity contribution in [3.8, 4) is 11.1 Å². The van der Waals surface area contributed by atoms with E-state index in [-0.39, 0.29) is 30.1 Å². The number of carbonyl (C=O) groups is 1. The number of benzene rings is 2. The van der Waals surface area contributed by atoms with Gasteiger partial charge in [-0.15, -0.1) is 0 Å². The lowest BCUT2D eigenvalue weighted by Gasteiger charge is -2.22. The lowest BCUT2D eigenvalue weighted by molar-refractivity contribution is 0.0696. The number of amides is 1. The van der Waals surface area contributed by atoms with Gasteiger partial charge in [0.05, 0.1) is 11.8 Å². The Balaban J connectivity index is 1.34. The maximum atomic E-state index is 14.9. The van der Waals surface area contributed by atoms with Crippen molar-refractivity contribution in [1.29, 1.82) is 0 Å². The molecule has 2 heterocycles. The molecule has 6 rings (SSSR count). The van der Waals surface area contributed by atoms with Crippen LogP contribution in [0.3, 0.4) is 0 Å². The molecule has 4 aromatic rings. The molecule has 34 heavy (non-hydrogen) atoms. The summed E-state index contributed by atoms with van der Waals surface area (Å²) in [7, 11) is 2.07. The van der Waals surface area contributed by atoms with Crippen LogP contribution in [-0.4, -0.2) is 39.9 Å². The van der Waals surface area contributed by atoms with Gasteiger partial charge in [-0.3, -0.25) is 4.79 Å². The zero-order valence-electron chi connectivity index (χ0n) is 18.9. The fraction of sp³-hybridized carbons (Fsp3) is 0.296. The number of rotatable bonds is 7. The molecule has 0 atom stereocenters. The topological polar surface area (TPSA) is 62.5 Å². The van der Waals surface area contributed by atoms with Crippen LogP contribution in [0.15, 0.2) is 65.5 Å². The van der Waals surface area contributed by atoms with Gasteiger partial charge in [-0.25, -0.2) is 14.4 Å². The quantitative estimate of drug-likeness (QED) is 0.371. The zero-order valence-corrected chi connectivity index (χ0v) is 18.9. The van der Waals surface area contributed by atoms with Gasteiger partial charge in [0.15, 0.2) is 5.76 Å². The van der Waals surface area contributed by atoms with Crippen LogP contribution in [0.4, 0.5) is 10.2 Å². The summed E-state index contributed by atoms with van der Waals surface area (Å²) in [4.78, 5) is 25.9. The van der Waals surface area contributed by atoms with E-state index in [1.165, 1.54) is 25.2 Å². The van der Waals surface area contributed by atoms with E-state index in [1.54, 1.807) is 29.4 Å². The largest absolute Gasteiger partial charge is 0.459 e. The van der Waals surface area contributed by atoms with Crippen molar-refractivity contribution < 1.29 is 13.6 Å². The van der Waals surface area contributed by atoms with E-state index in [9.17, 15) is 9.18 Å². The highest BCUT2D eigenvalue weighted by molar-refractivity contribution is 5.93. The van der Waals surface area contributed by atoms with Gasteiger partial charge in [0, 0.05) is 36.6 Å². The maximum absolute atomic E-state index is 14.9. The summed E-state index contributed by atoms with van der Waals surface area (Å²) in [6, 6.07) is 15.2. The van der Waals surface area contributed by atoms with Gasteiger partial charge in [0.1, 0.15) is 18.0 Å². The Morgan fingerprint density at radius 1 is 1.03 bits per heavy atom. The van der Waals surface area contributed by atoms with E-state index in [0.717, 1.165) is 40.7 Å². The monoisotopic (exact) mass is 456 g/mol. The maximum Gasteiger partial charge on any atom is 0.290 e. The molecule has 0 saturated heterocycles. The first-order chi connectivity index (χ1) is 16.6. The summed E-state index contributed by atoms with van der Waals surface area (Å²) >= 11 is 0. The van der Waals surface area contributed by atoms with Crippen LogP contribution in [-0.2, 0) is 6.54 Å².